The summed E-state index contributed by atoms with van der Waals surface area (Å²) in [5.74, 6) is -1.21. The molecule has 0 aromatic rings. The van der Waals surface area contributed by atoms with Crippen molar-refractivity contribution in [3.05, 3.63) is 0 Å². The van der Waals surface area contributed by atoms with E-state index in [1.807, 2.05) is 0 Å². The first-order chi connectivity index (χ1) is 8.38. The Morgan fingerprint density at radius 1 is 1.39 bits per heavy atom. The summed E-state index contributed by atoms with van der Waals surface area (Å²) in [4.78, 5) is 23.6. The van der Waals surface area contributed by atoms with Crippen LogP contribution in [0.1, 0.15) is 32.6 Å². The number of aliphatic carboxylic acids is 1. The van der Waals surface area contributed by atoms with Crippen molar-refractivity contribution in [2.24, 2.45) is 11.7 Å². The number of carbonyl (C=O) groups is 2. The first kappa shape index (κ1) is 13.3. The minimum atomic E-state index is -1.22. The fraction of sp³-hybridized carbons (Fsp3) is 0.833. The van der Waals surface area contributed by atoms with Crippen molar-refractivity contribution in [3.8, 4) is 0 Å². The van der Waals surface area contributed by atoms with Gasteiger partial charge in [-0.1, -0.05) is 0 Å². The number of carbonyl (C=O) groups excluding carboxylic acids is 1. The number of hydrogen-bond donors (Lipinski definition) is 3. The first-order valence-electron chi connectivity index (χ1n) is 6.31. The maximum Gasteiger partial charge on any atom is 0.329 e. The monoisotopic (exact) mass is 256 g/mol. The van der Waals surface area contributed by atoms with E-state index < -0.39 is 17.0 Å². The third kappa shape index (κ3) is 2.35. The molecule has 1 aliphatic carbocycles. The summed E-state index contributed by atoms with van der Waals surface area (Å²) >= 11 is 0. The van der Waals surface area contributed by atoms with Gasteiger partial charge in [0.1, 0.15) is 5.54 Å². The zero-order valence-electron chi connectivity index (χ0n) is 10.6. The molecule has 2 rings (SSSR count). The van der Waals surface area contributed by atoms with Crippen molar-refractivity contribution in [2.75, 3.05) is 13.2 Å². The summed E-state index contributed by atoms with van der Waals surface area (Å²) in [7, 11) is 0. The smallest absolute Gasteiger partial charge is 0.329 e. The fourth-order valence-electron chi connectivity index (χ4n) is 2.33. The molecule has 2 aliphatic rings. The SMILES string of the molecule is CC(N)(C(=O)NC1(C(=O)O)CCOCC1)C1CC1. The molecule has 6 heteroatoms. The zero-order valence-corrected chi connectivity index (χ0v) is 10.6. The minimum Gasteiger partial charge on any atom is -0.480 e. The molecule has 0 aromatic heterocycles. The molecule has 6 nitrogen and oxygen atoms in total. The number of hydrogen-bond acceptors (Lipinski definition) is 4. The molecule has 4 N–H and O–H groups in total. The van der Waals surface area contributed by atoms with E-state index in [4.69, 9.17) is 10.5 Å². The molecule has 1 saturated carbocycles. The summed E-state index contributed by atoms with van der Waals surface area (Å²) in [5, 5.41) is 12.0. The molecule has 102 valence electrons. The van der Waals surface area contributed by atoms with E-state index in [2.05, 4.69) is 5.32 Å². The molecule has 1 atom stereocenters. The lowest BCUT2D eigenvalue weighted by Gasteiger charge is -2.36. The second-order valence-electron chi connectivity index (χ2n) is 5.51. The lowest BCUT2D eigenvalue weighted by Crippen LogP contribution is -2.64. The standard InChI is InChI=1S/C12H20N2O4/c1-11(13,8-2-3-8)9(15)14-12(10(16)17)4-6-18-7-5-12/h8H,2-7,13H2,1H3,(H,14,15)(H,16,17). The Morgan fingerprint density at radius 3 is 2.39 bits per heavy atom. The second kappa shape index (κ2) is 4.51. The van der Waals surface area contributed by atoms with E-state index >= 15 is 0 Å². The highest BCUT2D eigenvalue weighted by molar-refractivity contribution is 5.92. The predicted octanol–water partition coefficient (Wildman–Crippen LogP) is -0.136. The van der Waals surface area contributed by atoms with E-state index in [1.165, 1.54) is 0 Å². The Labute approximate surface area is 106 Å². The first-order valence-corrected chi connectivity index (χ1v) is 6.31. The number of ether oxygens (including phenoxy) is 1. The average Bonchev–Trinajstić information content (AvgIpc) is 3.14. The fourth-order valence-corrected chi connectivity index (χ4v) is 2.33. The van der Waals surface area contributed by atoms with E-state index in [9.17, 15) is 14.7 Å². The molecule has 18 heavy (non-hydrogen) atoms. The Kier molecular flexibility index (Phi) is 3.33. The van der Waals surface area contributed by atoms with Gasteiger partial charge < -0.3 is 20.9 Å². The van der Waals surface area contributed by atoms with Gasteiger partial charge in [0.15, 0.2) is 0 Å². The molecule has 0 aromatic carbocycles. The van der Waals surface area contributed by atoms with Crippen LogP contribution in [-0.4, -0.2) is 41.3 Å². The Morgan fingerprint density at radius 2 is 1.94 bits per heavy atom. The third-order valence-corrected chi connectivity index (χ3v) is 4.02. The van der Waals surface area contributed by atoms with Crippen LogP contribution in [-0.2, 0) is 14.3 Å². The van der Waals surface area contributed by atoms with E-state index in [0.29, 0.717) is 13.2 Å². The Bertz CT molecular complexity index is 357. The molecule has 1 aliphatic heterocycles. The van der Waals surface area contributed by atoms with Crippen LogP contribution in [0, 0.1) is 5.92 Å². The van der Waals surface area contributed by atoms with Crippen molar-refractivity contribution in [1.29, 1.82) is 0 Å². The summed E-state index contributed by atoms with van der Waals surface area (Å²) in [6.45, 7) is 2.36. The number of nitrogens with two attached hydrogens (primary N) is 1. The van der Waals surface area contributed by atoms with Crippen LogP contribution in [0.15, 0.2) is 0 Å². The van der Waals surface area contributed by atoms with Crippen LogP contribution in [0.2, 0.25) is 0 Å². The number of nitrogens with one attached hydrogen (secondary N) is 1. The molecule has 0 bridgehead atoms. The number of carboxylic acid groups (broad SMARTS) is 1. The maximum atomic E-state index is 12.2. The van der Waals surface area contributed by atoms with Crippen LogP contribution in [0.4, 0.5) is 0 Å². The average molecular weight is 256 g/mol. The van der Waals surface area contributed by atoms with Crippen molar-refractivity contribution in [1.82, 2.24) is 5.32 Å². The number of rotatable bonds is 4. The Hall–Kier alpha value is -1.14. The van der Waals surface area contributed by atoms with Gasteiger partial charge in [-0.25, -0.2) is 4.79 Å². The number of carboxylic acids is 1. The summed E-state index contributed by atoms with van der Waals surface area (Å²) < 4.78 is 5.16. The highest BCUT2D eigenvalue weighted by Crippen LogP contribution is 2.38. The van der Waals surface area contributed by atoms with Gasteiger partial charge in [-0.3, -0.25) is 4.79 Å². The molecular formula is C12H20N2O4. The van der Waals surface area contributed by atoms with Gasteiger partial charge in [0.05, 0.1) is 5.54 Å². The van der Waals surface area contributed by atoms with Crippen molar-refractivity contribution >= 4 is 11.9 Å². The van der Waals surface area contributed by atoms with Gasteiger partial charge >= 0.3 is 5.97 Å². The molecule has 1 amide bonds. The lowest BCUT2D eigenvalue weighted by atomic mass is 9.87. The van der Waals surface area contributed by atoms with Gasteiger partial charge in [0.25, 0.3) is 0 Å². The van der Waals surface area contributed by atoms with Gasteiger partial charge in [-0.2, -0.15) is 0 Å². The van der Waals surface area contributed by atoms with Crippen LogP contribution < -0.4 is 11.1 Å². The molecular weight excluding hydrogens is 236 g/mol. The molecule has 2 fully saturated rings. The summed E-state index contributed by atoms with van der Waals surface area (Å²) in [6.07, 6.45) is 2.44. The van der Waals surface area contributed by atoms with Crippen LogP contribution in [0.5, 0.6) is 0 Å². The van der Waals surface area contributed by atoms with Crippen molar-refractivity contribution in [2.45, 2.75) is 43.7 Å². The number of amides is 1. The van der Waals surface area contributed by atoms with Gasteiger partial charge in [-0.05, 0) is 25.7 Å². The Balaban J connectivity index is 2.09. The molecule has 0 radical (unpaired) electrons. The summed E-state index contributed by atoms with van der Waals surface area (Å²) in [6, 6.07) is 0. The molecule has 1 heterocycles. The van der Waals surface area contributed by atoms with Gasteiger partial charge in [0.2, 0.25) is 5.91 Å². The predicted molar refractivity (Wildman–Crippen MR) is 63.9 cm³/mol. The summed E-state index contributed by atoms with van der Waals surface area (Å²) in [5.41, 5.74) is 3.82. The van der Waals surface area contributed by atoms with Crippen LogP contribution in [0.3, 0.4) is 0 Å². The second-order valence-corrected chi connectivity index (χ2v) is 5.51. The van der Waals surface area contributed by atoms with Gasteiger partial charge in [-0.15, -0.1) is 0 Å². The largest absolute Gasteiger partial charge is 0.480 e. The quantitative estimate of drug-likeness (QED) is 0.650. The van der Waals surface area contributed by atoms with E-state index in [-0.39, 0.29) is 24.7 Å². The van der Waals surface area contributed by atoms with Crippen LogP contribution in [0.25, 0.3) is 0 Å². The normalized spacial score (nSPS) is 26.1. The topological polar surface area (TPSA) is 102 Å². The maximum absolute atomic E-state index is 12.2. The van der Waals surface area contributed by atoms with Gasteiger partial charge in [0, 0.05) is 26.1 Å². The molecule has 1 unspecified atom stereocenters. The van der Waals surface area contributed by atoms with Crippen LogP contribution >= 0.6 is 0 Å². The molecule has 1 saturated heterocycles. The van der Waals surface area contributed by atoms with E-state index in [0.717, 1.165) is 12.8 Å². The van der Waals surface area contributed by atoms with Crippen molar-refractivity contribution < 1.29 is 19.4 Å². The van der Waals surface area contributed by atoms with E-state index in [1.54, 1.807) is 6.92 Å². The minimum absolute atomic E-state index is 0.170. The molecule has 0 spiro atoms. The highest BCUT2D eigenvalue weighted by atomic mass is 16.5. The highest BCUT2D eigenvalue weighted by Gasteiger charge is 2.49. The zero-order chi connectivity index (χ0) is 13.4. The lowest BCUT2D eigenvalue weighted by molar-refractivity contribution is -0.153. The third-order valence-electron chi connectivity index (χ3n) is 4.02. The van der Waals surface area contributed by atoms with Crippen molar-refractivity contribution in [3.63, 3.8) is 0 Å².